The van der Waals surface area contributed by atoms with Gasteiger partial charge in [-0.2, -0.15) is 5.10 Å². The van der Waals surface area contributed by atoms with Gasteiger partial charge in [-0.15, -0.1) is 0 Å². The lowest BCUT2D eigenvalue weighted by molar-refractivity contribution is 0.305. The van der Waals surface area contributed by atoms with E-state index in [9.17, 15) is 0 Å². The minimum absolute atomic E-state index is 0.799. The van der Waals surface area contributed by atoms with Gasteiger partial charge in [-0.05, 0) is 49.7 Å². The van der Waals surface area contributed by atoms with Gasteiger partial charge in [0, 0.05) is 12.1 Å². The monoisotopic (exact) mass is 315 g/mol. The van der Waals surface area contributed by atoms with E-state index in [0.717, 1.165) is 48.8 Å². The molecule has 0 amide bonds. The van der Waals surface area contributed by atoms with Crippen molar-refractivity contribution in [3.63, 3.8) is 0 Å². The standard InChI is InChI=1S/C19H29N3O/c1-4-6-7-8-13-23-17-11-9-16(10-12-17)19-15(3)18(21-22-19)14-20-5-2/h9-12,20H,4-8,13-14H2,1-3H3,(H,21,22). The van der Waals surface area contributed by atoms with Crippen LogP contribution in [0.5, 0.6) is 5.75 Å². The minimum Gasteiger partial charge on any atom is -0.494 e. The highest BCUT2D eigenvalue weighted by Crippen LogP contribution is 2.25. The fraction of sp³-hybridized carbons (Fsp3) is 0.526. The van der Waals surface area contributed by atoms with Crippen molar-refractivity contribution in [2.45, 2.75) is 53.0 Å². The maximum atomic E-state index is 5.79. The maximum Gasteiger partial charge on any atom is 0.119 e. The molecule has 0 aliphatic rings. The summed E-state index contributed by atoms with van der Waals surface area (Å²) in [6.45, 7) is 9.03. The van der Waals surface area contributed by atoms with Crippen molar-refractivity contribution in [3.8, 4) is 17.0 Å². The minimum atomic E-state index is 0.799. The van der Waals surface area contributed by atoms with E-state index in [4.69, 9.17) is 4.74 Å². The number of aromatic nitrogens is 2. The van der Waals surface area contributed by atoms with Crippen molar-refractivity contribution < 1.29 is 4.74 Å². The van der Waals surface area contributed by atoms with Gasteiger partial charge in [0.25, 0.3) is 0 Å². The van der Waals surface area contributed by atoms with E-state index in [1.165, 1.54) is 24.8 Å². The number of hydrogen-bond acceptors (Lipinski definition) is 3. The van der Waals surface area contributed by atoms with Crippen LogP contribution in [0.2, 0.25) is 0 Å². The highest BCUT2D eigenvalue weighted by molar-refractivity contribution is 5.64. The second kappa shape index (κ2) is 9.36. The van der Waals surface area contributed by atoms with Crippen molar-refractivity contribution >= 4 is 0 Å². The van der Waals surface area contributed by atoms with Crippen LogP contribution < -0.4 is 10.1 Å². The number of H-pyrrole nitrogens is 1. The van der Waals surface area contributed by atoms with Crippen LogP contribution in [-0.4, -0.2) is 23.3 Å². The first-order valence-electron chi connectivity index (χ1n) is 8.74. The zero-order chi connectivity index (χ0) is 16.5. The summed E-state index contributed by atoms with van der Waals surface area (Å²) in [5, 5.41) is 10.9. The number of aromatic amines is 1. The highest BCUT2D eigenvalue weighted by atomic mass is 16.5. The first kappa shape index (κ1) is 17.5. The SMILES string of the molecule is CCCCCCOc1ccc(-c2n[nH]c(CNCC)c2C)cc1. The summed E-state index contributed by atoms with van der Waals surface area (Å²) < 4.78 is 5.79. The number of ether oxygens (including phenoxy) is 1. The molecule has 0 bridgehead atoms. The van der Waals surface area contributed by atoms with E-state index >= 15 is 0 Å². The van der Waals surface area contributed by atoms with Crippen molar-refractivity contribution in [3.05, 3.63) is 35.5 Å². The van der Waals surface area contributed by atoms with Gasteiger partial charge in [0.15, 0.2) is 0 Å². The molecule has 4 heteroatoms. The highest BCUT2D eigenvalue weighted by Gasteiger charge is 2.10. The molecule has 23 heavy (non-hydrogen) atoms. The Labute approximate surface area is 139 Å². The Morgan fingerprint density at radius 2 is 1.87 bits per heavy atom. The van der Waals surface area contributed by atoms with Crippen LogP contribution in [0, 0.1) is 6.92 Å². The Kier molecular flexibility index (Phi) is 7.14. The molecule has 2 aromatic rings. The average Bonchev–Trinajstić information content (AvgIpc) is 2.94. The molecule has 0 atom stereocenters. The van der Waals surface area contributed by atoms with Crippen molar-refractivity contribution in [2.75, 3.05) is 13.2 Å². The molecule has 0 unspecified atom stereocenters. The van der Waals surface area contributed by atoms with E-state index in [-0.39, 0.29) is 0 Å². The number of nitrogens with one attached hydrogen (secondary N) is 2. The van der Waals surface area contributed by atoms with Crippen LogP contribution in [0.15, 0.2) is 24.3 Å². The van der Waals surface area contributed by atoms with E-state index in [1.54, 1.807) is 0 Å². The summed E-state index contributed by atoms with van der Waals surface area (Å²) in [5.74, 6) is 0.936. The summed E-state index contributed by atoms with van der Waals surface area (Å²) in [6.07, 6.45) is 4.92. The molecule has 0 radical (unpaired) electrons. The zero-order valence-electron chi connectivity index (χ0n) is 14.6. The summed E-state index contributed by atoms with van der Waals surface area (Å²) in [4.78, 5) is 0. The molecule has 2 rings (SSSR count). The fourth-order valence-corrected chi connectivity index (χ4v) is 2.57. The molecule has 126 valence electrons. The van der Waals surface area contributed by atoms with Crippen molar-refractivity contribution in [2.24, 2.45) is 0 Å². The average molecular weight is 315 g/mol. The molecular formula is C19H29N3O. The third-order valence-corrected chi connectivity index (χ3v) is 4.06. The van der Waals surface area contributed by atoms with E-state index in [2.05, 4.69) is 48.4 Å². The van der Waals surface area contributed by atoms with Crippen LogP contribution in [0.1, 0.15) is 50.8 Å². The zero-order valence-corrected chi connectivity index (χ0v) is 14.6. The molecule has 1 aromatic heterocycles. The van der Waals surface area contributed by atoms with Crippen LogP contribution in [0.4, 0.5) is 0 Å². The normalized spacial score (nSPS) is 10.9. The van der Waals surface area contributed by atoms with Gasteiger partial charge in [0.1, 0.15) is 5.75 Å². The lowest BCUT2D eigenvalue weighted by Crippen LogP contribution is -2.12. The summed E-state index contributed by atoms with van der Waals surface area (Å²) in [7, 11) is 0. The molecule has 0 aliphatic carbocycles. The lowest BCUT2D eigenvalue weighted by Gasteiger charge is -2.07. The van der Waals surface area contributed by atoms with Gasteiger partial charge < -0.3 is 10.1 Å². The number of hydrogen-bond donors (Lipinski definition) is 2. The topological polar surface area (TPSA) is 49.9 Å². The van der Waals surface area contributed by atoms with Crippen LogP contribution in [0.25, 0.3) is 11.3 Å². The largest absolute Gasteiger partial charge is 0.494 e. The Hall–Kier alpha value is -1.81. The first-order valence-corrected chi connectivity index (χ1v) is 8.74. The molecule has 0 spiro atoms. The summed E-state index contributed by atoms with van der Waals surface area (Å²) >= 11 is 0. The number of rotatable bonds is 10. The molecule has 1 aromatic carbocycles. The second-order valence-electron chi connectivity index (χ2n) is 5.89. The Bertz CT molecular complexity index is 575. The van der Waals surface area contributed by atoms with Crippen molar-refractivity contribution in [1.29, 1.82) is 0 Å². The number of nitrogens with zero attached hydrogens (tertiary/aromatic N) is 1. The molecule has 1 heterocycles. The predicted molar refractivity (Wildman–Crippen MR) is 95.8 cm³/mol. The van der Waals surface area contributed by atoms with Gasteiger partial charge >= 0.3 is 0 Å². The second-order valence-corrected chi connectivity index (χ2v) is 5.89. The van der Waals surface area contributed by atoms with Gasteiger partial charge in [-0.25, -0.2) is 0 Å². The summed E-state index contributed by atoms with van der Waals surface area (Å²) in [6, 6.07) is 8.24. The van der Waals surface area contributed by atoms with Crippen LogP contribution in [0.3, 0.4) is 0 Å². The van der Waals surface area contributed by atoms with Crippen molar-refractivity contribution in [1.82, 2.24) is 15.5 Å². The molecule has 0 saturated heterocycles. The molecule has 4 nitrogen and oxygen atoms in total. The van der Waals surface area contributed by atoms with Gasteiger partial charge in [-0.1, -0.05) is 33.1 Å². The quantitative estimate of drug-likeness (QED) is 0.637. The first-order chi connectivity index (χ1) is 11.3. The van der Waals surface area contributed by atoms with E-state index in [0.29, 0.717) is 0 Å². The Morgan fingerprint density at radius 3 is 2.57 bits per heavy atom. The number of benzene rings is 1. The molecule has 0 fully saturated rings. The van der Waals surface area contributed by atoms with E-state index < -0.39 is 0 Å². The predicted octanol–water partition coefficient (Wildman–Crippen LogP) is 4.45. The molecule has 0 aliphatic heterocycles. The molecule has 0 saturated carbocycles. The van der Waals surface area contributed by atoms with Gasteiger partial charge in [0.2, 0.25) is 0 Å². The third kappa shape index (κ3) is 5.10. The van der Waals surface area contributed by atoms with E-state index in [1.807, 2.05) is 12.1 Å². The smallest absolute Gasteiger partial charge is 0.119 e. The lowest BCUT2D eigenvalue weighted by atomic mass is 10.1. The fourth-order valence-electron chi connectivity index (χ4n) is 2.57. The Morgan fingerprint density at radius 1 is 1.09 bits per heavy atom. The summed E-state index contributed by atoms with van der Waals surface area (Å²) in [5.41, 5.74) is 4.50. The molecule has 2 N–H and O–H groups in total. The maximum absolute atomic E-state index is 5.79. The molecular weight excluding hydrogens is 286 g/mol. The number of unbranched alkanes of at least 4 members (excludes halogenated alkanes) is 3. The van der Waals surface area contributed by atoms with Crippen LogP contribution in [-0.2, 0) is 6.54 Å². The van der Waals surface area contributed by atoms with Crippen LogP contribution >= 0.6 is 0 Å². The third-order valence-electron chi connectivity index (χ3n) is 4.06. The van der Waals surface area contributed by atoms with Gasteiger partial charge in [-0.3, -0.25) is 5.10 Å². The Balaban J connectivity index is 1.93. The van der Waals surface area contributed by atoms with Gasteiger partial charge in [0.05, 0.1) is 18.0 Å².